The van der Waals surface area contributed by atoms with Gasteiger partial charge in [0.1, 0.15) is 5.01 Å². The fourth-order valence-corrected chi connectivity index (χ4v) is 5.18. The van der Waals surface area contributed by atoms with Crippen LogP contribution in [0.5, 0.6) is 11.5 Å². The smallest absolute Gasteiger partial charge is 0.170 e. The highest BCUT2D eigenvalue weighted by Gasteiger charge is 2.26. The molecule has 0 bridgehead atoms. The van der Waals surface area contributed by atoms with Gasteiger partial charge in [-0.2, -0.15) is 0 Å². The van der Waals surface area contributed by atoms with Crippen LogP contribution < -0.4 is 9.47 Å². The van der Waals surface area contributed by atoms with Crippen molar-refractivity contribution in [2.24, 2.45) is 0 Å². The van der Waals surface area contributed by atoms with Gasteiger partial charge >= 0.3 is 0 Å². The van der Waals surface area contributed by atoms with E-state index in [1.807, 2.05) is 18.2 Å². The van der Waals surface area contributed by atoms with Crippen LogP contribution in [-0.2, 0) is 6.54 Å². The molecule has 146 valence electrons. The Labute approximate surface area is 165 Å². The Kier molecular flexibility index (Phi) is 5.95. The molecule has 0 unspecified atom stereocenters. The number of methoxy groups -OCH3 is 2. The summed E-state index contributed by atoms with van der Waals surface area (Å²) in [5.41, 5.74) is 2.15. The van der Waals surface area contributed by atoms with E-state index in [2.05, 4.69) is 15.2 Å². The molecule has 2 aromatic rings. The van der Waals surface area contributed by atoms with Crippen LogP contribution in [0, 0.1) is 0 Å². The summed E-state index contributed by atoms with van der Waals surface area (Å²) in [6, 6.07) is 6.80. The third-order valence-electron chi connectivity index (χ3n) is 5.82. The van der Waals surface area contributed by atoms with E-state index < -0.39 is 0 Å². The summed E-state index contributed by atoms with van der Waals surface area (Å²) in [5, 5.41) is 3.17. The minimum atomic E-state index is 0.745. The predicted octanol–water partition coefficient (Wildman–Crippen LogP) is 3.89. The second-order valence-corrected chi connectivity index (χ2v) is 8.29. The number of hydrogen-bond acceptors (Lipinski definition) is 6. The van der Waals surface area contributed by atoms with Crippen LogP contribution in [0.15, 0.2) is 23.6 Å². The molecule has 0 radical (unpaired) electrons. The number of hydrogen-bond donors (Lipinski definition) is 0. The molecule has 2 fully saturated rings. The monoisotopic (exact) mass is 387 g/mol. The van der Waals surface area contributed by atoms with Crippen molar-refractivity contribution in [2.45, 2.75) is 38.3 Å². The lowest BCUT2D eigenvalue weighted by molar-refractivity contribution is 0.0931. The fourth-order valence-electron chi connectivity index (χ4n) is 4.34. The third-order valence-corrected chi connectivity index (χ3v) is 6.74. The van der Waals surface area contributed by atoms with E-state index in [0.717, 1.165) is 53.4 Å². The Bertz CT molecular complexity index is 750. The number of thiazole rings is 1. The Morgan fingerprint density at radius 3 is 2.56 bits per heavy atom. The molecule has 2 aliphatic rings. The summed E-state index contributed by atoms with van der Waals surface area (Å²) in [4.78, 5) is 10.1. The zero-order chi connectivity index (χ0) is 18.6. The molecule has 0 spiro atoms. The summed E-state index contributed by atoms with van der Waals surface area (Å²) >= 11 is 1.68. The van der Waals surface area contributed by atoms with Crippen molar-refractivity contribution in [3.8, 4) is 22.1 Å². The first-order chi connectivity index (χ1) is 13.3. The highest BCUT2D eigenvalue weighted by Crippen LogP contribution is 2.39. The van der Waals surface area contributed by atoms with Gasteiger partial charge in [-0.05, 0) is 25.0 Å². The lowest BCUT2D eigenvalue weighted by Gasteiger charge is -2.37. The van der Waals surface area contributed by atoms with Gasteiger partial charge < -0.3 is 9.47 Å². The van der Waals surface area contributed by atoms with Gasteiger partial charge in [0.15, 0.2) is 11.5 Å². The zero-order valence-electron chi connectivity index (χ0n) is 16.3. The van der Waals surface area contributed by atoms with Crippen molar-refractivity contribution in [1.82, 2.24) is 14.8 Å². The fraction of sp³-hybridized carbons (Fsp3) is 0.571. The van der Waals surface area contributed by atoms with Gasteiger partial charge in [0.25, 0.3) is 0 Å². The summed E-state index contributed by atoms with van der Waals surface area (Å²) in [7, 11) is 3.35. The SMILES string of the molecule is COc1cccc(-c2nc(CN3CCN(C4CCCC4)CC3)cs2)c1OC. The summed E-state index contributed by atoms with van der Waals surface area (Å²) in [5.74, 6) is 1.50. The van der Waals surface area contributed by atoms with Crippen molar-refractivity contribution >= 4 is 11.3 Å². The molecule has 0 amide bonds. The molecule has 5 nitrogen and oxygen atoms in total. The van der Waals surface area contributed by atoms with E-state index in [1.165, 1.54) is 38.8 Å². The Balaban J connectivity index is 1.39. The van der Waals surface area contributed by atoms with Crippen LogP contribution in [0.2, 0.25) is 0 Å². The molecular formula is C21H29N3O2S. The second kappa shape index (κ2) is 8.59. The zero-order valence-corrected chi connectivity index (χ0v) is 17.1. The minimum absolute atomic E-state index is 0.745. The van der Waals surface area contributed by atoms with Crippen LogP contribution in [0.4, 0.5) is 0 Å². The molecule has 0 atom stereocenters. The largest absolute Gasteiger partial charge is 0.493 e. The quantitative estimate of drug-likeness (QED) is 0.752. The van der Waals surface area contributed by atoms with Gasteiger partial charge in [0.2, 0.25) is 0 Å². The standard InChI is InChI=1S/C21H29N3O2S/c1-25-19-9-5-8-18(20(19)26-2)21-22-16(15-27-21)14-23-10-12-24(13-11-23)17-6-3-4-7-17/h5,8-9,15,17H,3-4,6-7,10-14H2,1-2H3. The number of rotatable bonds is 6. The van der Waals surface area contributed by atoms with Crippen LogP contribution in [0.1, 0.15) is 31.4 Å². The molecule has 1 aromatic carbocycles. The van der Waals surface area contributed by atoms with E-state index in [1.54, 1.807) is 25.6 Å². The van der Waals surface area contributed by atoms with Gasteiger partial charge in [-0.15, -0.1) is 11.3 Å². The Morgan fingerprint density at radius 2 is 1.85 bits per heavy atom. The second-order valence-electron chi connectivity index (χ2n) is 7.44. The Hall–Kier alpha value is -1.63. The molecule has 1 aromatic heterocycles. The molecule has 6 heteroatoms. The number of para-hydroxylation sites is 1. The summed E-state index contributed by atoms with van der Waals surface area (Å²) < 4.78 is 11.0. The van der Waals surface area contributed by atoms with Crippen LogP contribution >= 0.6 is 11.3 Å². The van der Waals surface area contributed by atoms with Crippen molar-refractivity contribution in [3.63, 3.8) is 0 Å². The van der Waals surface area contributed by atoms with Crippen molar-refractivity contribution < 1.29 is 9.47 Å². The lowest BCUT2D eigenvalue weighted by Crippen LogP contribution is -2.49. The van der Waals surface area contributed by atoms with E-state index in [0.29, 0.717) is 0 Å². The molecule has 1 saturated heterocycles. The average Bonchev–Trinajstić information content (AvgIpc) is 3.40. The molecule has 27 heavy (non-hydrogen) atoms. The van der Waals surface area contributed by atoms with Crippen LogP contribution in [0.3, 0.4) is 0 Å². The number of ether oxygens (including phenoxy) is 2. The highest BCUT2D eigenvalue weighted by atomic mass is 32.1. The van der Waals surface area contributed by atoms with E-state index in [9.17, 15) is 0 Å². The van der Waals surface area contributed by atoms with Gasteiger partial charge in [-0.3, -0.25) is 9.80 Å². The van der Waals surface area contributed by atoms with E-state index in [-0.39, 0.29) is 0 Å². The van der Waals surface area contributed by atoms with E-state index >= 15 is 0 Å². The first-order valence-electron chi connectivity index (χ1n) is 9.90. The maximum atomic E-state index is 5.57. The molecule has 4 rings (SSSR count). The van der Waals surface area contributed by atoms with Crippen LogP contribution in [0.25, 0.3) is 10.6 Å². The third kappa shape index (κ3) is 4.13. The number of benzene rings is 1. The average molecular weight is 388 g/mol. The molecule has 1 aliphatic heterocycles. The molecule has 1 aliphatic carbocycles. The normalized spacial score (nSPS) is 19.5. The first kappa shape index (κ1) is 18.7. The first-order valence-corrected chi connectivity index (χ1v) is 10.8. The van der Waals surface area contributed by atoms with Crippen molar-refractivity contribution in [3.05, 3.63) is 29.3 Å². The number of piperazine rings is 1. The number of nitrogens with zero attached hydrogens (tertiary/aromatic N) is 3. The Morgan fingerprint density at radius 1 is 1.07 bits per heavy atom. The van der Waals surface area contributed by atoms with Crippen molar-refractivity contribution in [1.29, 1.82) is 0 Å². The van der Waals surface area contributed by atoms with Crippen LogP contribution in [-0.4, -0.2) is 61.2 Å². The van der Waals surface area contributed by atoms with Crippen molar-refractivity contribution in [2.75, 3.05) is 40.4 Å². The van der Waals surface area contributed by atoms with Gasteiger partial charge in [-0.25, -0.2) is 4.98 Å². The molecule has 1 saturated carbocycles. The maximum Gasteiger partial charge on any atom is 0.170 e. The predicted molar refractivity (Wildman–Crippen MR) is 110 cm³/mol. The summed E-state index contributed by atoms with van der Waals surface area (Å²) in [6.07, 6.45) is 5.63. The minimum Gasteiger partial charge on any atom is -0.493 e. The number of aromatic nitrogens is 1. The molecule has 2 heterocycles. The van der Waals surface area contributed by atoms with Gasteiger partial charge in [0, 0.05) is 44.1 Å². The maximum absolute atomic E-state index is 5.57. The van der Waals surface area contributed by atoms with Gasteiger partial charge in [-0.1, -0.05) is 18.9 Å². The molecule has 0 N–H and O–H groups in total. The lowest BCUT2D eigenvalue weighted by atomic mass is 10.2. The molecular weight excluding hydrogens is 358 g/mol. The van der Waals surface area contributed by atoms with Gasteiger partial charge in [0.05, 0.1) is 25.5 Å². The summed E-state index contributed by atoms with van der Waals surface area (Å²) in [6.45, 7) is 5.62. The van der Waals surface area contributed by atoms with E-state index in [4.69, 9.17) is 14.5 Å². The highest BCUT2D eigenvalue weighted by molar-refractivity contribution is 7.13. The topological polar surface area (TPSA) is 37.8 Å².